The van der Waals surface area contributed by atoms with Crippen molar-refractivity contribution in [2.45, 2.75) is 41.0 Å². The Morgan fingerprint density at radius 3 is 1.60 bits per heavy atom. The number of methoxy groups -OCH3 is 2. The van der Waals surface area contributed by atoms with Crippen molar-refractivity contribution >= 4 is 24.8 Å². The molecule has 0 saturated heterocycles. The number of carbonyl (C=O) groups excluding carboxylic acids is 1. The predicted molar refractivity (Wildman–Crippen MR) is 127 cm³/mol. The summed E-state index contributed by atoms with van der Waals surface area (Å²) in [4.78, 5) is 12.1. The van der Waals surface area contributed by atoms with Crippen molar-refractivity contribution in [1.82, 2.24) is 0 Å². The average molecular weight is 423 g/mol. The Hall–Kier alpha value is -2.38. The minimum atomic E-state index is -0.862. The number of ether oxygens (including phenoxy) is 2. The lowest BCUT2D eigenvalue weighted by Crippen LogP contribution is -2.19. The molecule has 158 valence electrons. The minimum absolute atomic E-state index is 0.147. The maximum absolute atomic E-state index is 12.1. The van der Waals surface area contributed by atoms with Gasteiger partial charge >= 0.3 is 0 Å². The highest BCUT2D eigenvalue weighted by Gasteiger charge is 2.31. The van der Waals surface area contributed by atoms with Gasteiger partial charge in [-0.3, -0.25) is 0 Å². The van der Waals surface area contributed by atoms with E-state index in [1.54, 1.807) is 14.2 Å². The summed E-state index contributed by atoms with van der Waals surface area (Å²) in [7, 11) is 2.57. The Morgan fingerprint density at radius 1 is 0.833 bits per heavy atom. The summed E-state index contributed by atoms with van der Waals surface area (Å²) in [5.41, 5.74) is 5.66. The van der Waals surface area contributed by atoms with Crippen LogP contribution in [0.2, 0.25) is 0 Å². The highest BCUT2D eigenvalue weighted by atomic mass is 31.1. The van der Waals surface area contributed by atoms with E-state index in [0.717, 1.165) is 46.5 Å². The molecule has 0 radical (unpaired) electrons. The number of aryl methyl sites for hydroxylation is 4. The fourth-order valence-electron chi connectivity index (χ4n) is 4.50. The number of benzene rings is 2. The van der Waals surface area contributed by atoms with Gasteiger partial charge in [-0.1, -0.05) is 24.6 Å². The van der Waals surface area contributed by atoms with Crippen molar-refractivity contribution in [3.05, 3.63) is 69.6 Å². The van der Waals surface area contributed by atoms with Gasteiger partial charge in [-0.05, 0) is 104 Å². The number of aldehydes is 1. The van der Waals surface area contributed by atoms with E-state index in [2.05, 4.69) is 71.0 Å². The summed E-state index contributed by atoms with van der Waals surface area (Å²) < 4.78 is 11.2. The molecule has 0 N–H and O–H groups in total. The third kappa shape index (κ3) is 3.96. The van der Waals surface area contributed by atoms with E-state index < -0.39 is 7.92 Å². The van der Waals surface area contributed by atoms with E-state index in [0.29, 0.717) is 0 Å². The van der Waals surface area contributed by atoms with Gasteiger partial charge in [0.15, 0.2) is 0 Å². The molecule has 2 aromatic carbocycles. The number of rotatable bonds is 7. The Balaban J connectivity index is 2.23. The van der Waals surface area contributed by atoms with Crippen molar-refractivity contribution in [1.29, 1.82) is 0 Å². The van der Waals surface area contributed by atoms with E-state index in [-0.39, 0.29) is 5.92 Å². The number of hydrogen-bond acceptors (Lipinski definition) is 3. The number of hydrogen-bond donors (Lipinski definition) is 0. The number of carbonyl (C=O) groups is 1. The van der Waals surface area contributed by atoms with Crippen molar-refractivity contribution in [2.24, 2.45) is 5.92 Å². The molecule has 30 heavy (non-hydrogen) atoms. The van der Waals surface area contributed by atoms with Crippen molar-refractivity contribution < 1.29 is 14.3 Å². The van der Waals surface area contributed by atoms with Crippen LogP contribution in [0, 0.1) is 33.6 Å². The molecule has 0 amide bonds. The summed E-state index contributed by atoms with van der Waals surface area (Å²) >= 11 is 0. The second-order valence-electron chi connectivity index (χ2n) is 7.86. The molecule has 1 atom stereocenters. The van der Waals surface area contributed by atoms with Crippen LogP contribution in [0.4, 0.5) is 0 Å². The van der Waals surface area contributed by atoms with Crippen molar-refractivity contribution in [2.75, 3.05) is 14.2 Å². The summed E-state index contributed by atoms with van der Waals surface area (Å²) in [6.07, 6.45) is 6.30. The Bertz CT molecular complexity index is 927. The summed E-state index contributed by atoms with van der Waals surface area (Å²) in [6, 6.07) is 8.89. The zero-order valence-electron chi connectivity index (χ0n) is 19.0. The second-order valence-corrected chi connectivity index (χ2v) is 10.1. The first-order valence-corrected chi connectivity index (χ1v) is 11.7. The van der Waals surface area contributed by atoms with Gasteiger partial charge in [0.25, 0.3) is 0 Å². The lowest BCUT2D eigenvalue weighted by molar-refractivity contribution is -0.109. The van der Waals surface area contributed by atoms with Crippen LogP contribution in [-0.2, 0) is 4.79 Å². The molecule has 1 unspecified atom stereocenters. The molecule has 2 aromatic rings. The SMILES string of the molecule is CCC1=CC=C(P(c2cc(C)c(OC)c(C)c2)c2cc(C)c(OC)c(C)c2)C1C=O. The van der Waals surface area contributed by atoms with E-state index >= 15 is 0 Å². The molecule has 4 heteroatoms. The van der Waals surface area contributed by atoms with Crippen LogP contribution in [0.25, 0.3) is 0 Å². The molecule has 3 nitrogen and oxygen atoms in total. The first-order chi connectivity index (χ1) is 14.4. The zero-order chi connectivity index (χ0) is 22.0. The Labute approximate surface area is 181 Å². The fourth-order valence-corrected chi connectivity index (χ4v) is 7.42. The zero-order valence-corrected chi connectivity index (χ0v) is 19.9. The molecular weight excluding hydrogens is 391 g/mol. The fraction of sp³-hybridized carbons (Fsp3) is 0.346. The summed E-state index contributed by atoms with van der Waals surface area (Å²) in [5, 5.41) is 3.69. The molecule has 0 heterocycles. The first kappa shape index (κ1) is 22.3. The van der Waals surface area contributed by atoms with E-state index in [4.69, 9.17) is 9.47 Å². The standard InChI is InChI=1S/C26H31O3P/c1-8-20-9-10-24(23(20)15-27)30(21-11-16(2)25(28-6)17(3)12-21)22-13-18(4)26(29-7)19(5)14-22/h9-15,23H,8H2,1-7H3. The molecule has 3 rings (SSSR count). The van der Waals surface area contributed by atoms with Crippen LogP contribution in [0.5, 0.6) is 11.5 Å². The maximum Gasteiger partial charge on any atom is 0.131 e. The lowest BCUT2D eigenvalue weighted by Gasteiger charge is -2.27. The molecule has 0 spiro atoms. The van der Waals surface area contributed by atoms with Crippen LogP contribution in [-0.4, -0.2) is 20.5 Å². The largest absolute Gasteiger partial charge is 0.496 e. The summed E-state index contributed by atoms with van der Waals surface area (Å²) in [5.74, 6) is 1.71. The quantitative estimate of drug-likeness (QED) is 0.442. The van der Waals surface area contributed by atoms with Gasteiger partial charge in [-0.2, -0.15) is 0 Å². The monoisotopic (exact) mass is 422 g/mol. The Kier molecular flexibility index (Phi) is 6.83. The maximum atomic E-state index is 12.1. The van der Waals surface area contributed by atoms with Gasteiger partial charge in [0, 0.05) is 0 Å². The first-order valence-electron chi connectivity index (χ1n) is 10.3. The molecule has 0 bridgehead atoms. The normalized spacial score (nSPS) is 15.8. The highest BCUT2D eigenvalue weighted by molar-refractivity contribution is 7.76. The number of allylic oxidation sites excluding steroid dienone is 4. The summed E-state index contributed by atoms with van der Waals surface area (Å²) in [6.45, 7) is 10.5. The third-order valence-corrected chi connectivity index (χ3v) is 8.30. The van der Waals surface area contributed by atoms with E-state index in [9.17, 15) is 4.79 Å². The van der Waals surface area contributed by atoms with Crippen LogP contribution >= 0.6 is 7.92 Å². The Morgan fingerprint density at radius 2 is 1.27 bits per heavy atom. The van der Waals surface area contributed by atoms with Crippen molar-refractivity contribution in [3.63, 3.8) is 0 Å². The van der Waals surface area contributed by atoms with E-state index in [1.165, 1.54) is 21.5 Å². The minimum Gasteiger partial charge on any atom is -0.496 e. The lowest BCUT2D eigenvalue weighted by atomic mass is 10.0. The van der Waals surface area contributed by atoms with Gasteiger partial charge in [-0.15, -0.1) is 0 Å². The van der Waals surface area contributed by atoms with Crippen LogP contribution in [0.3, 0.4) is 0 Å². The van der Waals surface area contributed by atoms with E-state index in [1.807, 2.05) is 0 Å². The highest BCUT2D eigenvalue weighted by Crippen LogP contribution is 2.52. The molecule has 0 saturated carbocycles. The second kappa shape index (κ2) is 9.18. The van der Waals surface area contributed by atoms with Crippen LogP contribution < -0.4 is 20.1 Å². The molecule has 0 aromatic heterocycles. The smallest absolute Gasteiger partial charge is 0.131 e. The third-order valence-electron chi connectivity index (χ3n) is 5.80. The van der Waals surface area contributed by atoms with Gasteiger partial charge in [0.2, 0.25) is 0 Å². The van der Waals surface area contributed by atoms with Gasteiger partial charge in [0.1, 0.15) is 17.8 Å². The van der Waals surface area contributed by atoms with Crippen LogP contribution in [0.15, 0.2) is 47.3 Å². The van der Waals surface area contributed by atoms with Gasteiger partial charge in [-0.25, -0.2) is 0 Å². The molecule has 1 aliphatic carbocycles. The molecule has 0 aliphatic heterocycles. The van der Waals surface area contributed by atoms with Crippen LogP contribution in [0.1, 0.15) is 35.6 Å². The molecule has 1 aliphatic rings. The molecular formula is C26H31O3P. The average Bonchev–Trinajstić information content (AvgIpc) is 3.10. The predicted octanol–water partition coefficient (Wildman–Crippen LogP) is 5.42. The van der Waals surface area contributed by atoms with Crippen molar-refractivity contribution in [3.8, 4) is 11.5 Å². The topological polar surface area (TPSA) is 35.5 Å². The van der Waals surface area contributed by atoms with Gasteiger partial charge in [0.05, 0.1) is 20.1 Å². The molecule has 0 fully saturated rings. The van der Waals surface area contributed by atoms with Gasteiger partial charge < -0.3 is 14.3 Å².